The van der Waals surface area contributed by atoms with Gasteiger partial charge in [0.05, 0.1) is 11.8 Å². The van der Waals surface area contributed by atoms with Crippen LogP contribution >= 0.6 is 0 Å². The maximum absolute atomic E-state index is 12.6. The Morgan fingerprint density at radius 3 is 2.48 bits per heavy atom. The van der Waals surface area contributed by atoms with Crippen molar-refractivity contribution in [3.8, 4) is 0 Å². The number of rotatable bonds is 7. The molecule has 2 aromatic carbocycles. The summed E-state index contributed by atoms with van der Waals surface area (Å²) < 4.78 is 5.35. The Labute approximate surface area is 158 Å². The Bertz CT molecular complexity index is 915. The Balaban J connectivity index is 1.66. The molecule has 0 fully saturated rings. The molecular weight excluding hydrogens is 340 g/mol. The SMILES string of the molecule is CC(C)CC(CNC(=O)c1cccc2occc12)NC(=O)c1ccccc1. The summed E-state index contributed by atoms with van der Waals surface area (Å²) in [5, 5.41) is 6.76. The van der Waals surface area contributed by atoms with Crippen LogP contribution in [0.25, 0.3) is 11.0 Å². The zero-order valence-corrected chi connectivity index (χ0v) is 15.6. The van der Waals surface area contributed by atoms with Gasteiger partial charge in [0.2, 0.25) is 0 Å². The minimum absolute atomic E-state index is 0.132. The lowest BCUT2D eigenvalue weighted by Crippen LogP contribution is -2.44. The van der Waals surface area contributed by atoms with Crippen LogP contribution < -0.4 is 10.6 Å². The molecule has 3 rings (SSSR count). The molecule has 1 atom stereocenters. The summed E-state index contributed by atoms with van der Waals surface area (Å²) in [6.45, 7) is 4.55. The van der Waals surface area contributed by atoms with Crippen LogP contribution in [-0.4, -0.2) is 24.4 Å². The number of carbonyl (C=O) groups is 2. The van der Waals surface area contributed by atoms with Crippen LogP contribution in [0.1, 0.15) is 41.0 Å². The van der Waals surface area contributed by atoms with Gasteiger partial charge in [-0.25, -0.2) is 0 Å². The van der Waals surface area contributed by atoms with Gasteiger partial charge in [-0.2, -0.15) is 0 Å². The lowest BCUT2D eigenvalue weighted by molar-refractivity contribution is 0.0904. The molecule has 1 aromatic heterocycles. The first-order chi connectivity index (χ1) is 13.0. The monoisotopic (exact) mass is 364 g/mol. The lowest BCUT2D eigenvalue weighted by Gasteiger charge is -2.21. The number of benzene rings is 2. The summed E-state index contributed by atoms with van der Waals surface area (Å²) in [4.78, 5) is 25.1. The fraction of sp³-hybridized carbons (Fsp3) is 0.273. The second-order valence-electron chi connectivity index (χ2n) is 7.01. The van der Waals surface area contributed by atoms with Gasteiger partial charge in [0, 0.05) is 23.5 Å². The summed E-state index contributed by atoms with van der Waals surface area (Å²) in [5.41, 5.74) is 1.86. The Morgan fingerprint density at radius 1 is 0.963 bits per heavy atom. The van der Waals surface area contributed by atoms with E-state index in [4.69, 9.17) is 4.42 Å². The van der Waals surface area contributed by atoms with E-state index in [2.05, 4.69) is 24.5 Å². The minimum atomic E-state index is -0.176. The topological polar surface area (TPSA) is 71.3 Å². The van der Waals surface area contributed by atoms with E-state index in [-0.39, 0.29) is 17.9 Å². The van der Waals surface area contributed by atoms with Crippen LogP contribution in [0.4, 0.5) is 0 Å². The number of carbonyl (C=O) groups excluding carboxylic acids is 2. The average molecular weight is 364 g/mol. The van der Waals surface area contributed by atoms with Gasteiger partial charge in [0.15, 0.2) is 0 Å². The molecular formula is C22H24N2O3. The molecule has 0 aliphatic carbocycles. The zero-order valence-electron chi connectivity index (χ0n) is 15.6. The first-order valence-electron chi connectivity index (χ1n) is 9.15. The summed E-state index contributed by atoms with van der Waals surface area (Å²) >= 11 is 0. The summed E-state index contributed by atoms with van der Waals surface area (Å²) in [7, 11) is 0. The van der Waals surface area contributed by atoms with Gasteiger partial charge >= 0.3 is 0 Å². The number of fused-ring (bicyclic) bond motifs is 1. The first-order valence-corrected chi connectivity index (χ1v) is 9.15. The fourth-order valence-corrected chi connectivity index (χ4v) is 3.12. The van der Waals surface area contributed by atoms with Crippen LogP contribution in [0.2, 0.25) is 0 Å². The van der Waals surface area contributed by atoms with Crippen molar-refractivity contribution in [3.63, 3.8) is 0 Å². The van der Waals surface area contributed by atoms with Crippen LogP contribution in [-0.2, 0) is 0 Å². The lowest BCUT2D eigenvalue weighted by atomic mass is 10.0. The van der Waals surface area contributed by atoms with Crippen molar-refractivity contribution in [2.24, 2.45) is 5.92 Å². The predicted molar refractivity (Wildman–Crippen MR) is 106 cm³/mol. The van der Waals surface area contributed by atoms with Gasteiger partial charge in [-0.05, 0) is 42.7 Å². The van der Waals surface area contributed by atoms with Crippen LogP contribution in [0, 0.1) is 5.92 Å². The second-order valence-corrected chi connectivity index (χ2v) is 7.01. The molecule has 140 valence electrons. The number of amides is 2. The van der Waals surface area contributed by atoms with Crippen LogP contribution in [0.3, 0.4) is 0 Å². The Kier molecular flexibility index (Phi) is 5.91. The third-order valence-electron chi connectivity index (χ3n) is 4.38. The van der Waals surface area contributed by atoms with Crippen molar-refractivity contribution in [2.75, 3.05) is 6.54 Å². The van der Waals surface area contributed by atoms with Gasteiger partial charge in [0.25, 0.3) is 11.8 Å². The average Bonchev–Trinajstić information content (AvgIpc) is 3.15. The zero-order chi connectivity index (χ0) is 19.2. The highest BCUT2D eigenvalue weighted by molar-refractivity contribution is 6.05. The molecule has 0 aliphatic heterocycles. The fourth-order valence-electron chi connectivity index (χ4n) is 3.12. The molecule has 0 bridgehead atoms. The van der Waals surface area contributed by atoms with Gasteiger partial charge in [-0.1, -0.05) is 38.1 Å². The van der Waals surface area contributed by atoms with Crippen molar-refractivity contribution in [3.05, 3.63) is 72.0 Å². The van der Waals surface area contributed by atoms with Gasteiger partial charge in [0.1, 0.15) is 5.58 Å². The van der Waals surface area contributed by atoms with Gasteiger partial charge in [-0.3, -0.25) is 9.59 Å². The van der Waals surface area contributed by atoms with Crippen LogP contribution in [0.5, 0.6) is 0 Å². The van der Waals surface area contributed by atoms with E-state index < -0.39 is 0 Å². The molecule has 5 nitrogen and oxygen atoms in total. The molecule has 0 radical (unpaired) electrons. The van der Waals surface area contributed by atoms with Crippen molar-refractivity contribution in [2.45, 2.75) is 26.3 Å². The van der Waals surface area contributed by atoms with Crippen molar-refractivity contribution in [1.29, 1.82) is 0 Å². The number of hydrogen-bond acceptors (Lipinski definition) is 3. The summed E-state index contributed by atoms with van der Waals surface area (Å²) in [6.07, 6.45) is 2.35. The van der Waals surface area contributed by atoms with E-state index >= 15 is 0 Å². The summed E-state index contributed by atoms with van der Waals surface area (Å²) in [5.74, 6) is 0.0810. The van der Waals surface area contributed by atoms with Crippen molar-refractivity contribution >= 4 is 22.8 Å². The van der Waals surface area contributed by atoms with Crippen molar-refractivity contribution < 1.29 is 14.0 Å². The smallest absolute Gasteiger partial charge is 0.252 e. The molecule has 0 saturated heterocycles. The highest BCUT2D eigenvalue weighted by Crippen LogP contribution is 2.19. The Morgan fingerprint density at radius 2 is 1.74 bits per heavy atom. The van der Waals surface area contributed by atoms with Gasteiger partial charge < -0.3 is 15.1 Å². The number of hydrogen-bond donors (Lipinski definition) is 2. The second kappa shape index (κ2) is 8.54. The molecule has 27 heavy (non-hydrogen) atoms. The molecule has 0 saturated carbocycles. The standard InChI is InChI=1S/C22H24N2O3/c1-15(2)13-17(24-21(25)16-7-4-3-5-8-16)14-23-22(26)19-9-6-10-20-18(19)11-12-27-20/h3-12,15,17H,13-14H2,1-2H3,(H,23,26)(H,24,25). The van der Waals surface area contributed by atoms with E-state index in [1.807, 2.05) is 24.3 Å². The molecule has 0 aliphatic rings. The Hall–Kier alpha value is -3.08. The highest BCUT2D eigenvalue weighted by atomic mass is 16.3. The molecule has 1 unspecified atom stereocenters. The quantitative estimate of drug-likeness (QED) is 0.665. The van der Waals surface area contributed by atoms with Crippen molar-refractivity contribution in [1.82, 2.24) is 10.6 Å². The summed E-state index contributed by atoms with van der Waals surface area (Å²) in [6, 6.07) is 16.1. The highest BCUT2D eigenvalue weighted by Gasteiger charge is 2.18. The molecule has 1 heterocycles. The minimum Gasteiger partial charge on any atom is -0.464 e. The molecule has 0 spiro atoms. The third-order valence-corrected chi connectivity index (χ3v) is 4.38. The maximum atomic E-state index is 12.6. The van der Waals surface area contributed by atoms with E-state index in [0.717, 1.165) is 11.8 Å². The molecule has 2 N–H and O–H groups in total. The first kappa shape index (κ1) is 18.7. The molecule has 5 heteroatoms. The molecule has 2 amide bonds. The molecule has 3 aromatic rings. The van der Waals surface area contributed by atoms with Crippen LogP contribution in [0.15, 0.2) is 65.3 Å². The van der Waals surface area contributed by atoms with Gasteiger partial charge in [-0.15, -0.1) is 0 Å². The number of furan rings is 1. The normalized spacial score (nSPS) is 12.1. The largest absolute Gasteiger partial charge is 0.464 e. The maximum Gasteiger partial charge on any atom is 0.252 e. The predicted octanol–water partition coefficient (Wildman–Crippen LogP) is 4.01. The van der Waals surface area contributed by atoms with E-state index in [1.165, 1.54) is 0 Å². The number of nitrogens with one attached hydrogen (secondary N) is 2. The third kappa shape index (κ3) is 4.76. The van der Waals surface area contributed by atoms with E-state index in [1.54, 1.807) is 36.6 Å². The van der Waals surface area contributed by atoms with E-state index in [0.29, 0.717) is 29.2 Å². The van der Waals surface area contributed by atoms with E-state index in [9.17, 15) is 9.59 Å².